The Hall–Kier alpha value is -3.19. The summed E-state index contributed by atoms with van der Waals surface area (Å²) in [4.78, 5) is 29.1. The van der Waals surface area contributed by atoms with E-state index < -0.39 is 0 Å². The molecule has 0 unspecified atom stereocenters. The molecule has 7 heteroatoms. The zero-order valence-corrected chi connectivity index (χ0v) is 17.9. The second kappa shape index (κ2) is 9.75. The Morgan fingerprint density at radius 1 is 1.06 bits per heavy atom. The normalized spacial score (nSPS) is 14.5. The van der Waals surface area contributed by atoms with Crippen LogP contribution in [0.25, 0.3) is 10.8 Å². The lowest BCUT2D eigenvalue weighted by molar-refractivity contribution is -0.904. The van der Waals surface area contributed by atoms with Gasteiger partial charge in [0.15, 0.2) is 5.82 Å². The van der Waals surface area contributed by atoms with Gasteiger partial charge in [-0.25, -0.2) is 0 Å². The van der Waals surface area contributed by atoms with Crippen molar-refractivity contribution in [1.29, 1.82) is 0 Å². The lowest BCUT2D eigenvalue weighted by Crippen LogP contribution is -3.13. The molecule has 7 nitrogen and oxygen atoms in total. The number of aromatic nitrogens is 1. The second-order valence-electron chi connectivity index (χ2n) is 8.22. The second-order valence-corrected chi connectivity index (χ2v) is 8.22. The largest absolute Gasteiger partial charge is 0.360 e. The van der Waals surface area contributed by atoms with Crippen molar-refractivity contribution in [3.8, 4) is 0 Å². The molecule has 4 rings (SSSR count). The fourth-order valence-electron chi connectivity index (χ4n) is 4.13. The van der Waals surface area contributed by atoms with Crippen molar-refractivity contribution < 1.29 is 19.0 Å². The summed E-state index contributed by atoms with van der Waals surface area (Å²) in [7, 11) is 0. The van der Waals surface area contributed by atoms with E-state index in [1.165, 1.54) is 24.2 Å². The molecule has 0 spiro atoms. The van der Waals surface area contributed by atoms with Crippen LogP contribution in [0.1, 0.15) is 35.4 Å². The molecule has 1 fully saturated rings. The Labute approximate surface area is 182 Å². The molecule has 1 aliphatic rings. The van der Waals surface area contributed by atoms with Gasteiger partial charge in [-0.05, 0) is 49.1 Å². The molecule has 2 aromatic carbocycles. The lowest BCUT2D eigenvalue weighted by atomic mass is 10.1. The van der Waals surface area contributed by atoms with Crippen LogP contribution in [0.5, 0.6) is 0 Å². The molecular weight excluding hydrogens is 392 g/mol. The quantitative estimate of drug-likeness (QED) is 0.614. The number of likely N-dealkylation sites (tertiary alicyclic amines) is 1. The van der Waals surface area contributed by atoms with Crippen molar-refractivity contribution in [2.45, 2.75) is 26.2 Å². The zero-order valence-electron chi connectivity index (χ0n) is 17.9. The van der Waals surface area contributed by atoms with Gasteiger partial charge in [0, 0.05) is 11.6 Å². The van der Waals surface area contributed by atoms with Gasteiger partial charge in [0.2, 0.25) is 5.91 Å². The third-order valence-electron chi connectivity index (χ3n) is 5.81. The van der Waals surface area contributed by atoms with Crippen molar-refractivity contribution in [3.63, 3.8) is 0 Å². The molecule has 0 radical (unpaired) electrons. The topological polar surface area (TPSA) is 79.9 Å². The summed E-state index contributed by atoms with van der Waals surface area (Å²) >= 11 is 0. The van der Waals surface area contributed by atoms with Crippen molar-refractivity contribution in [1.82, 2.24) is 10.1 Å². The number of piperidine rings is 1. The first-order chi connectivity index (χ1) is 15.1. The van der Waals surface area contributed by atoms with Gasteiger partial charge in [0.25, 0.3) is 5.91 Å². The number of anilines is 1. The number of amides is 2. The Kier molecular flexibility index (Phi) is 6.62. The van der Waals surface area contributed by atoms with Crippen LogP contribution in [-0.4, -0.2) is 54.6 Å². The predicted octanol–water partition coefficient (Wildman–Crippen LogP) is 2.29. The van der Waals surface area contributed by atoms with Crippen molar-refractivity contribution >= 4 is 28.4 Å². The van der Waals surface area contributed by atoms with Crippen LogP contribution in [0.2, 0.25) is 0 Å². The molecule has 2 amide bonds. The van der Waals surface area contributed by atoms with Gasteiger partial charge in [0.05, 0.1) is 26.2 Å². The van der Waals surface area contributed by atoms with Gasteiger partial charge in [-0.2, -0.15) is 0 Å². The standard InChI is InChI=1S/C24H28N4O3/c1-18-15-22(26-31-18)25-23(29)17-28(14-13-27-11-5-2-6-12-27)24(30)21-10-9-19-7-3-4-8-20(19)16-21/h3-4,7-10,15-16H,2,5-6,11-14,17H2,1H3,(H,25,26,29)/p+1. The molecule has 2 N–H and O–H groups in total. The maximum atomic E-state index is 13.4. The number of hydrogen-bond donors (Lipinski definition) is 2. The number of fused-ring (bicyclic) bond motifs is 1. The first-order valence-corrected chi connectivity index (χ1v) is 10.9. The third kappa shape index (κ3) is 5.49. The Bertz CT molecular complexity index is 1060. The zero-order chi connectivity index (χ0) is 21.6. The molecule has 1 aromatic heterocycles. The number of quaternary nitrogens is 1. The van der Waals surface area contributed by atoms with Gasteiger partial charge < -0.3 is 19.6 Å². The molecule has 1 aliphatic heterocycles. The summed E-state index contributed by atoms with van der Waals surface area (Å²) in [6, 6.07) is 15.3. The summed E-state index contributed by atoms with van der Waals surface area (Å²) in [6.07, 6.45) is 3.72. The first-order valence-electron chi connectivity index (χ1n) is 10.9. The Balaban J connectivity index is 1.49. The Morgan fingerprint density at radius 2 is 1.84 bits per heavy atom. The molecule has 0 atom stereocenters. The van der Waals surface area contributed by atoms with Crippen LogP contribution in [-0.2, 0) is 4.79 Å². The minimum atomic E-state index is -0.281. The van der Waals surface area contributed by atoms with E-state index in [0.29, 0.717) is 23.7 Å². The van der Waals surface area contributed by atoms with E-state index in [9.17, 15) is 9.59 Å². The summed E-state index contributed by atoms with van der Waals surface area (Å²) in [5.74, 6) is 0.570. The van der Waals surface area contributed by atoms with Crippen molar-refractivity contribution in [3.05, 3.63) is 59.9 Å². The van der Waals surface area contributed by atoms with Crippen LogP contribution in [0, 0.1) is 6.92 Å². The predicted molar refractivity (Wildman–Crippen MR) is 119 cm³/mol. The molecule has 2 heterocycles. The lowest BCUT2D eigenvalue weighted by Gasteiger charge is -2.27. The molecule has 0 bridgehead atoms. The van der Waals surface area contributed by atoms with Crippen LogP contribution >= 0.6 is 0 Å². The number of carbonyl (C=O) groups is 2. The first kappa shape index (κ1) is 21.1. The number of carbonyl (C=O) groups excluding carboxylic acids is 2. The van der Waals surface area contributed by atoms with Gasteiger partial charge in [0.1, 0.15) is 12.3 Å². The maximum Gasteiger partial charge on any atom is 0.254 e. The monoisotopic (exact) mass is 421 g/mol. The fourth-order valence-corrected chi connectivity index (χ4v) is 4.13. The summed E-state index contributed by atoms with van der Waals surface area (Å²) < 4.78 is 5.01. The highest BCUT2D eigenvalue weighted by atomic mass is 16.5. The molecule has 0 aliphatic carbocycles. The fraction of sp³-hybridized carbons (Fsp3) is 0.375. The number of nitrogens with one attached hydrogen (secondary N) is 2. The number of rotatable bonds is 7. The molecule has 162 valence electrons. The van der Waals surface area contributed by atoms with Crippen LogP contribution in [0.15, 0.2) is 53.1 Å². The average Bonchev–Trinajstić information content (AvgIpc) is 3.20. The van der Waals surface area contributed by atoms with E-state index in [0.717, 1.165) is 30.4 Å². The minimum absolute atomic E-state index is 0.0230. The third-order valence-corrected chi connectivity index (χ3v) is 5.81. The highest BCUT2D eigenvalue weighted by molar-refractivity contribution is 6.01. The summed E-state index contributed by atoms with van der Waals surface area (Å²) in [5.41, 5.74) is 0.595. The molecule has 1 saturated heterocycles. The number of hydrogen-bond acceptors (Lipinski definition) is 4. The van der Waals surface area contributed by atoms with Crippen LogP contribution < -0.4 is 10.2 Å². The molecular formula is C24H29N4O3+. The SMILES string of the molecule is Cc1cc(NC(=O)CN(CC[NH+]2CCCCC2)C(=O)c2ccc3ccccc3c2)no1. The highest BCUT2D eigenvalue weighted by Gasteiger charge is 2.22. The van der Waals surface area contributed by atoms with E-state index >= 15 is 0 Å². The van der Waals surface area contributed by atoms with E-state index in [2.05, 4.69) is 10.5 Å². The number of nitrogens with zero attached hydrogens (tertiary/aromatic N) is 2. The van der Waals surface area contributed by atoms with Crippen molar-refractivity contribution in [2.75, 3.05) is 38.0 Å². The summed E-state index contributed by atoms with van der Waals surface area (Å²) in [6.45, 7) is 5.37. The van der Waals surface area contributed by atoms with E-state index in [-0.39, 0.29) is 18.4 Å². The van der Waals surface area contributed by atoms with Crippen LogP contribution in [0.4, 0.5) is 5.82 Å². The smallest absolute Gasteiger partial charge is 0.254 e. The summed E-state index contributed by atoms with van der Waals surface area (Å²) in [5, 5.41) is 8.63. The Morgan fingerprint density at radius 3 is 2.58 bits per heavy atom. The highest BCUT2D eigenvalue weighted by Crippen LogP contribution is 2.17. The molecule has 3 aromatic rings. The molecule has 31 heavy (non-hydrogen) atoms. The maximum absolute atomic E-state index is 13.4. The number of aryl methyl sites for hydroxylation is 1. The van der Waals surface area contributed by atoms with Crippen LogP contribution in [0.3, 0.4) is 0 Å². The van der Waals surface area contributed by atoms with Crippen molar-refractivity contribution in [2.24, 2.45) is 0 Å². The molecule has 0 saturated carbocycles. The van der Waals surface area contributed by atoms with Gasteiger partial charge >= 0.3 is 0 Å². The van der Waals surface area contributed by atoms with Gasteiger partial charge in [-0.15, -0.1) is 0 Å². The van der Waals surface area contributed by atoms with E-state index in [1.807, 2.05) is 42.5 Å². The number of benzene rings is 2. The van der Waals surface area contributed by atoms with E-state index in [4.69, 9.17) is 4.52 Å². The average molecular weight is 422 g/mol. The van der Waals surface area contributed by atoms with Gasteiger partial charge in [-0.1, -0.05) is 35.5 Å². The minimum Gasteiger partial charge on any atom is -0.360 e. The van der Waals surface area contributed by atoms with Gasteiger partial charge in [-0.3, -0.25) is 9.59 Å². The van der Waals surface area contributed by atoms with E-state index in [1.54, 1.807) is 17.9 Å².